The van der Waals surface area contributed by atoms with Gasteiger partial charge in [0.05, 0.1) is 18.2 Å². The smallest absolute Gasteiger partial charge is 0.254 e. The van der Waals surface area contributed by atoms with Gasteiger partial charge < -0.3 is 20.1 Å². The number of amides is 1. The van der Waals surface area contributed by atoms with E-state index in [9.17, 15) is 4.79 Å². The minimum Gasteiger partial charge on any atom is -0.493 e. The number of carbonyl (C=O) groups is 1. The van der Waals surface area contributed by atoms with E-state index >= 15 is 0 Å². The van der Waals surface area contributed by atoms with Gasteiger partial charge >= 0.3 is 0 Å². The number of rotatable bonds is 4. The van der Waals surface area contributed by atoms with Gasteiger partial charge in [0.15, 0.2) is 11.5 Å². The van der Waals surface area contributed by atoms with Crippen LogP contribution in [0.1, 0.15) is 30.1 Å². The van der Waals surface area contributed by atoms with Crippen molar-refractivity contribution in [3.8, 4) is 11.5 Å². The second-order valence-corrected chi connectivity index (χ2v) is 7.15. The molecule has 1 aliphatic heterocycles. The molecule has 0 spiro atoms. The van der Waals surface area contributed by atoms with Gasteiger partial charge in [0.25, 0.3) is 5.91 Å². The molecule has 23 heavy (non-hydrogen) atoms. The molecule has 2 aliphatic rings. The molecule has 2 fully saturated rings. The summed E-state index contributed by atoms with van der Waals surface area (Å²) in [4.78, 5) is 14.8. The van der Waals surface area contributed by atoms with Crippen molar-refractivity contribution in [1.82, 2.24) is 4.90 Å². The van der Waals surface area contributed by atoms with Crippen molar-refractivity contribution in [3.63, 3.8) is 0 Å². The normalized spacial score (nSPS) is 26.3. The summed E-state index contributed by atoms with van der Waals surface area (Å²) in [6.07, 6.45) is 2.21. The number of carbonyl (C=O) groups excluding carboxylic acids is 1. The Morgan fingerprint density at radius 3 is 2.83 bits per heavy atom. The van der Waals surface area contributed by atoms with Crippen molar-refractivity contribution in [3.05, 3.63) is 22.2 Å². The van der Waals surface area contributed by atoms with E-state index < -0.39 is 0 Å². The van der Waals surface area contributed by atoms with Crippen LogP contribution in [0, 0.1) is 11.8 Å². The average molecular weight is 383 g/mol. The highest BCUT2D eigenvalue weighted by molar-refractivity contribution is 9.10. The second kappa shape index (κ2) is 6.69. The highest BCUT2D eigenvalue weighted by Gasteiger charge is 2.42. The predicted molar refractivity (Wildman–Crippen MR) is 92.0 cm³/mol. The zero-order chi connectivity index (χ0) is 16.6. The molecule has 3 atom stereocenters. The maximum absolute atomic E-state index is 12.8. The molecule has 1 amide bonds. The Bertz CT molecular complexity index is 608. The van der Waals surface area contributed by atoms with Crippen LogP contribution in [0.25, 0.3) is 0 Å². The summed E-state index contributed by atoms with van der Waals surface area (Å²) < 4.78 is 11.7. The van der Waals surface area contributed by atoms with Gasteiger partial charge in [-0.15, -0.1) is 0 Å². The van der Waals surface area contributed by atoms with E-state index in [0.717, 1.165) is 30.4 Å². The molecule has 6 heteroatoms. The molecule has 3 unspecified atom stereocenters. The van der Waals surface area contributed by atoms with Crippen LogP contribution in [0.15, 0.2) is 16.6 Å². The lowest BCUT2D eigenvalue weighted by Gasteiger charge is -2.20. The summed E-state index contributed by atoms with van der Waals surface area (Å²) in [7, 11) is 1.58. The minimum absolute atomic E-state index is 0.0358. The van der Waals surface area contributed by atoms with E-state index in [-0.39, 0.29) is 11.9 Å². The summed E-state index contributed by atoms with van der Waals surface area (Å²) in [6, 6.07) is 3.80. The van der Waals surface area contributed by atoms with E-state index in [0.29, 0.717) is 35.5 Å². The summed E-state index contributed by atoms with van der Waals surface area (Å²) in [6.45, 7) is 4.02. The highest BCUT2D eigenvalue weighted by Crippen LogP contribution is 2.40. The number of benzene rings is 1. The number of hydrogen-bond donors (Lipinski definition) is 1. The largest absolute Gasteiger partial charge is 0.493 e. The van der Waals surface area contributed by atoms with Crippen LogP contribution < -0.4 is 15.2 Å². The lowest BCUT2D eigenvalue weighted by atomic mass is 9.98. The maximum atomic E-state index is 12.8. The van der Waals surface area contributed by atoms with E-state index in [1.54, 1.807) is 13.2 Å². The average Bonchev–Trinajstić information content (AvgIpc) is 3.11. The van der Waals surface area contributed by atoms with Crippen molar-refractivity contribution in [1.29, 1.82) is 0 Å². The molecule has 1 aromatic carbocycles. The quantitative estimate of drug-likeness (QED) is 0.869. The monoisotopic (exact) mass is 382 g/mol. The van der Waals surface area contributed by atoms with E-state index in [1.807, 2.05) is 17.9 Å². The second-order valence-electron chi connectivity index (χ2n) is 6.30. The van der Waals surface area contributed by atoms with Crippen molar-refractivity contribution >= 4 is 21.8 Å². The Morgan fingerprint density at radius 2 is 2.17 bits per heavy atom. The van der Waals surface area contributed by atoms with Gasteiger partial charge in [0.1, 0.15) is 0 Å². The summed E-state index contributed by atoms with van der Waals surface area (Å²) >= 11 is 3.48. The molecular weight excluding hydrogens is 360 g/mol. The molecule has 1 aromatic rings. The Morgan fingerprint density at radius 1 is 1.39 bits per heavy atom. The first-order valence-corrected chi connectivity index (χ1v) is 8.89. The third-order valence-corrected chi connectivity index (χ3v) is 5.55. The van der Waals surface area contributed by atoms with Crippen molar-refractivity contribution < 1.29 is 14.3 Å². The SMILES string of the molecule is CCOc1c(Br)cc(C(=O)N2CC3CCC(N)C3C2)cc1OC. The van der Waals surface area contributed by atoms with Crippen LogP contribution in [0.3, 0.4) is 0 Å². The van der Waals surface area contributed by atoms with Crippen LogP contribution in [0.2, 0.25) is 0 Å². The Kier molecular flexibility index (Phi) is 4.82. The van der Waals surface area contributed by atoms with Gasteiger partial charge in [0.2, 0.25) is 0 Å². The first-order valence-electron chi connectivity index (χ1n) is 8.10. The lowest BCUT2D eigenvalue weighted by molar-refractivity contribution is 0.0779. The predicted octanol–water partition coefficient (Wildman–Crippen LogP) is 2.67. The molecule has 5 nitrogen and oxygen atoms in total. The number of methoxy groups -OCH3 is 1. The number of halogens is 1. The molecule has 126 valence electrons. The fourth-order valence-electron chi connectivity index (χ4n) is 3.78. The van der Waals surface area contributed by atoms with Crippen LogP contribution >= 0.6 is 15.9 Å². The van der Waals surface area contributed by atoms with Crippen LogP contribution in [0.4, 0.5) is 0 Å². The lowest BCUT2D eigenvalue weighted by Crippen LogP contribution is -2.33. The number of nitrogens with two attached hydrogens (primary N) is 1. The number of nitrogens with zero attached hydrogens (tertiary/aromatic N) is 1. The van der Waals surface area contributed by atoms with Crippen molar-refractivity contribution in [2.75, 3.05) is 26.8 Å². The molecule has 0 aromatic heterocycles. The Hall–Kier alpha value is -1.27. The molecule has 0 radical (unpaired) electrons. The number of fused-ring (bicyclic) bond motifs is 1. The Balaban J connectivity index is 1.82. The topological polar surface area (TPSA) is 64.8 Å². The first kappa shape index (κ1) is 16.6. The zero-order valence-corrected chi connectivity index (χ0v) is 15.1. The van der Waals surface area contributed by atoms with Crippen molar-refractivity contribution in [2.45, 2.75) is 25.8 Å². The van der Waals surface area contributed by atoms with Gasteiger partial charge in [-0.3, -0.25) is 4.79 Å². The molecule has 3 rings (SSSR count). The van der Waals surface area contributed by atoms with Crippen molar-refractivity contribution in [2.24, 2.45) is 17.6 Å². The standard InChI is InChI=1S/C17H23BrN2O3/c1-3-23-16-13(18)6-11(7-15(16)22-2)17(21)20-8-10-4-5-14(19)12(10)9-20/h6-7,10,12,14H,3-5,8-9,19H2,1-2H3. The Labute approximate surface area is 145 Å². The number of likely N-dealkylation sites (tertiary alicyclic amines) is 1. The van der Waals surface area contributed by atoms with E-state index in [1.165, 1.54) is 0 Å². The van der Waals surface area contributed by atoms with Gasteiger partial charge in [0, 0.05) is 24.7 Å². The third kappa shape index (κ3) is 3.06. The van der Waals surface area contributed by atoms with Gasteiger partial charge in [-0.1, -0.05) is 0 Å². The van der Waals surface area contributed by atoms with Gasteiger partial charge in [-0.2, -0.15) is 0 Å². The van der Waals surface area contributed by atoms with Crippen LogP contribution in [-0.4, -0.2) is 43.7 Å². The maximum Gasteiger partial charge on any atom is 0.254 e. The third-order valence-electron chi connectivity index (χ3n) is 4.96. The fourth-order valence-corrected chi connectivity index (χ4v) is 4.34. The van der Waals surface area contributed by atoms with Crippen LogP contribution in [0.5, 0.6) is 11.5 Å². The van der Waals surface area contributed by atoms with E-state index in [4.69, 9.17) is 15.2 Å². The minimum atomic E-state index is 0.0358. The fraction of sp³-hybridized carbons (Fsp3) is 0.588. The zero-order valence-electron chi connectivity index (χ0n) is 13.5. The molecule has 0 bridgehead atoms. The first-order chi connectivity index (χ1) is 11.0. The molecule has 2 N–H and O–H groups in total. The van der Waals surface area contributed by atoms with Gasteiger partial charge in [-0.25, -0.2) is 0 Å². The number of ether oxygens (including phenoxy) is 2. The molecule has 1 saturated carbocycles. The molecule has 1 aliphatic carbocycles. The van der Waals surface area contributed by atoms with E-state index in [2.05, 4.69) is 15.9 Å². The van der Waals surface area contributed by atoms with Crippen LogP contribution in [-0.2, 0) is 0 Å². The van der Waals surface area contributed by atoms with Gasteiger partial charge in [-0.05, 0) is 59.7 Å². The molecule has 1 heterocycles. The summed E-state index contributed by atoms with van der Waals surface area (Å²) in [5, 5.41) is 0. The highest BCUT2D eigenvalue weighted by atomic mass is 79.9. The molecular formula is C17H23BrN2O3. The summed E-state index contributed by atoms with van der Waals surface area (Å²) in [5.74, 6) is 2.25. The summed E-state index contributed by atoms with van der Waals surface area (Å²) in [5.41, 5.74) is 6.78. The molecule has 1 saturated heterocycles. The number of hydrogen-bond acceptors (Lipinski definition) is 4.